The highest BCUT2D eigenvalue weighted by Crippen LogP contribution is 2.18. The Morgan fingerprint density at radius 2 is 1.86 bits per heavy atom. The van der Waals surface area contributed by atoms with Crippen molar-refractivity contribution in [1.82, 2.24) is 4.98 Å². The number of benzene rings is 1. The lowest BCUT2D eigenvalue weighted by Crippen LogP contribution is -1.91. The van der Waals surface area contributed by atoms with Crippen LogP contribution in [0.5, 0.6) is 0 Å². The average molecular weight is 190 g/mol. The van der Waals surface area contributed by atoms with Crippen LogP contribution in [-0.4, -0.2) is 4.98 Å². The zero-order chi connectivity index (χ0) is 10.1. The molecule has 14 heavy (non-hydrogen) atoms. The standard InChI is InChI=1S/C10H4F2N2/c11-8-4-2-6-1-3-7(5-13)14-10(6)9(8)12/h1-4H. The Labute approximate surface area is 78.4 Å². The Balaban J connectivity index is 2.86. The molecule has 0 radical (unpaired) electrons. The molecule has 68 valence electrons. The third-order valence-corrected chi connectivity index (χ3v) is 1.87. The smallest absolute Gasteiger partial charge is 0.185 e. The maximum atomic E-state index is 13.2. The second-order valence-corrected chi connectivity index (χ2v) is 2.74. The number of aromatic nitrogens is 1. The van der Waals surface area contributed by atoms with E-state index in [2.05, 4.69) is 4.98 Å². The van der Waals surface area contributed by atoms with E-state index < -0.39 is 11.6 Å². The van der Waals surface area contributed by atoms with E-state index in [1.165, 1.54) is 18.2 Å². The summed E-state index contributed by atoms with van der Waals surface area (Å²) in [5.41, 5.74) is -0.0361. The third-order valence-electron chi connectivity index (χ3n) is 1.87. The predicted octanol–water partition coefficient (Wildman–Crippen LogP) is 2.38. The van der Waals surface area contributed by atoms with E-state index in [0.717, 1.165) is 6.07 Å². The highest BCUT2D eigenvalue weighted by atomic mass is 19.2. The summed E-state index contributed by atoms with van der Waals surface area (Å²) in [6, 6.07) is 7.21. The van der Waals surface area contributed by atoms with E-state index in [1.54, 1.807) is 6.07 Å². The minimum Gasteiger partial charge on any atom is -0.234 e. The van der Waals surface area contributed by atoms with E-state index >= 15 is 0 Å². The molecule has 0 aliphatic rings. The highest BCUT2D eigenvalue weighted by Gasteiger charge is 2.08. The van der Waals surface area contributed by atoms with Gasteiger partial charge in [-0.2, -0.15) is 5.26 Å². The Kier molecular flexibility index (Phi) is 1.86. The number of nitrogens with zero attached hydrogens (tertiary/aromatic N) is 2. The molecule has 0 atom stereocenters. The van der Waals surface area contributed by atoms with Gasteiger partial charge in [-0.3, -0.25) is 0 Å². The Morgan fingerprint density at radius 3 is 2.57 bits per heavy atom. The van der Waals surface area contributed by atoms with Gasteiger partial charge in [0.25, 0.3) is 0 Å². The molecule has 0 aliphatic heterocycles. The first-order chi connectivity index (χ1) is 6.72. The first-order valence-electron chi connectivity index (χ1n) is 3.87. The second-order valence-electron chi connectivity index (χ2n) is 2.74. The summed E-state index contributed by atoms with van der Waals surface area (Å²) in [5.74, 6) is -1.97. The van der Waals surface area contributed by atoms with Gasteiger partial charge in [-0.15, -0.1) is 0 Å². The van der Waals surface area contributed by atoms with Gasteiger partial charge in [-0.1, -0.05) is 0 Å². The lowest BCUT2D eigenvalue weighted by atomic mass is 10.2. The van der Waals surface area contributed by atoms with Crippen molar-refractivity contribution in [1.29, 1.82) is 5.26 Å². The number of hydrogen-bond donors (Lipinski definition) is 0. The van der Waals surface area contributed by atoms with Gasteiger partial charge >= 0.3 is 0 Å². The zero-order valence-corrected chi connectivity index (χ0v) is 6.96. The lowest BCUT2D eigenvalue weighted by Gasteiger charge is -1.99. The number of pyridine rings is 1. The van der Waals surface area contributed by atoms with E-state index in [0.29, 0.717) is 5.39 Å². The predicted molar refractivity (Wildman–Crippen MR) is 46.4 cm³/mol. The van der Waals surface area contributed by atoms with Crippen LogP contribution in [0.25, 0.3) is 10.9 Å². The number of fused-ring (bicyclic) bond motifs is 1. The highest BCUT2D eigenvalue weighted by molar-refractivity contribution is 5.79. The van der Waals surface area contributed by atoms with Crippen LogP contribution in [-0.2, 0) is 0 Å². The average Bonchev–Trinajstić information content (AvgIpc) is 2.23. The second kappa shape index (κ2) is 3.04. The molecule has 0 unspecified atom stereocenters. The molecular formula is C10H4F2N2. The van der Waals surface area contributed by atoms with Gasteiger partial charge in [0.05, 0.1) is 0 Å². The number of hydrogen-bond acceptors (Lipinski definition) is 2. The van der Waals surface area contributed by atoms with Crippen molar-refractivity contribution in [3.63, 3.8) is 0 Å². The van der Waals surface area contributed by atoms with Crippen LogP contribution in [0, 0.1) is 23.0 Å². The van der Waals surface area contributed by atoms with E-state index in [9.17, 15) is 8.78 Å². The monoisotopic (exact) mass is 190 g/mol. The largest absolute Gasteiger partial charge is 0.234 e. The molecule has 1 aromatic heterocycles. The molecule has 0 saturated heterocycles. The van der Waals surface area contributed by atoms with Crippen LogP contribution >= 0.6 is 0 Å². The van der Waals surface area contributed by atoms with Crippen LogP contribution in [0.2, 0.25) is 0 Å². The van der Waals surface area contributed by atoms with Crippen LogP contribution in [0.1, 0.15) is 5.69 Å². The summed E-state index contributed by atoms with van der Waals surface area (Å²) in [4.78, 5) is 3.68. The number of nitriles is 1. The molecule has 0 aliphatic carbocycles. The summed E-state index contributed by atoms with van der Waals surface area (Å²) in [6.45, 7) is 0. The van der Waals surface area contributed by atoms with Gasteiger partial charge in [0.1, 0.15) is 17.3 Å². The molecule has 2 aromatic rings. The van der Waals surface area contributed by atoms with Gasteiger partial charge in [-0.25, -0.2) is 13.8 Å². The Bertz CT molecular complexity index is 544. The molecule has 2 rings (SSSR count). The molecule has 0 spiro atoms. The molecule has 0 fully saturated rings. The molecule has 1 heterocycles. The van der Waals surface area contributed by atoms with Crippen molar-refractivity contribution < 1.29 is 8.78 Å². The fraction of sp³-hybridized carbons (Fsp3) is 0. The molecule has 0 saturated carbocycles. The maximum Gasteiger partial charge on any atom is 0.185 e. The SMILES string of the molecule is N#Cc1ccc2ccc(F)c(F)c2n1. The molecular weight excluding hydrogens is 186 g/mol. The van der Waals surface area contributed by atoms with Crippen LogP contribution in [0.4, 0.5) is 8.78 Å². The van der Waals surface area contributed by atoms with E-state index in [1.807, 2.05) is 0 Å². The van der Waals surface area contributed by atoms with Crippen LogP contribution in [0.3, 0.4) is 0 Å². The Hall–Kier alpha value is -2.02. The van der Waals surface area contributed by atoms with Crippen molar-refractivity contribution in [3.8, 4) is 6.07 Å². The third kappa shape index (κ3) is 1.19. The van der Waals surface area contributed by atoms with Gasteiger partial charge in [0, 0.05) is 5.39 Å². The molecule has 4 heteroatoms. The summed E-state index contributed by atoms with van der Waals surface area (Å²) in [7, 11) is 0. The fourth-order valence-corrected chi connectivity index (χ4v) is 1.19. The van der Waals surface area contributed by atoms with Crippen molar-refractivity contribution in [3.05, 3.63) is 41.6 Å². The molecule has 0 amide bonds. The normalized spacial score (nSPS) is 10.1. The fourth-order valence-electron chi connectivity index (χ4n) is 1.19. The molecule has 1 aromatic carbocycles. The van der Waals surface area contributed by atoms with Crippen LogP contribution in [0.15, 0.2) is 24.3 Å². The van der Waals surface area contributed by atoms with E-state index in [4.69, 9.17) is 5.26 Å². The van der Waals surface area contributed by atoms with Gasteiger partial charge in [0.2, 0.25) is 0 Å². The molecule has 2 nitrogen and oxygen atoms in total. The first-order valence-corrected chi connectivity index (χ1v) is 3.87. The van der Waals surface area contributed by atoms with Gasteiger partial charge in [0.15, 0.2) is 11.6 Å². The maximum absolute atomic E-state index is 13.2. The summed E-state index contributed by atoms with van der Waals surface area (Å²) in [6.07, 6.45) is 0. The van der Waals surface area contributed by atoms with Crippen molar-refractivity contribution in [2.45, 2.75) is 0 Å². The lowest BCUT2D eigenvalue weighted by molar-refractivity contribution is 0.515. The summed E-state index contributed by atoms with van der Waals surface area (Å²) >= 11 is 0. The topological polar surface area (TPSA) is 36.7 Å². The minimum atomic E-state index is -1.01. The quantitative estimate of drug-likeness (QED) is 0.639. The van der Waals surface area contributed by atoms with Crippen molar-refractivity contribution >= 4 is 10.9 Å². The van der Waals surface area contributed by atoms with Crippen LogP contribution < -0.4 is 0 Å². The van der Waals surface area contributed by atoms with Gasteiger partial charge < -0.3 is 0 Å². The minimum absolute atomic E-state index is 0.0713. The molecule has 0 bridgehead atoms. The number of rotatable bonds is 0. The number of halogens is 2. The zero-order valence-electron chi connectivity index (χ0n) is 6.96. The van der Waals surface area contributed by atoms with Gasteiger partial charge in [-0.05, 0) is 24.3 Å². The van der Waals surface area contributed by atoms with E-state index in [-0.39, 0.29) is 11.2 Å². The Morgan fingerprint density at radius 1 is 1.14 bits per heavy atom. The van der Waals surface area contributed by atoms with Crippen molar-refractivity contribution in [2.24, 2.45) is 0 Å². The molecule has 0 N–H and O–H groups in total. The van der Waals surface area contributed by atoms with Crippen molar-refractivity contribution in [2.75, 3.05) is 0 Å². The summed E-state index contributed by atoms with van der Waals surface area (Å²) in [5, 5.41) is 9.00. The first kappa shape index (κ1) is 8.57. The summed E-state index contributed by atoms with van der Waals surface area (Å²) < 4.78 is 26.0.